The van der Waals surface area contributed by atoms with Gasteiger partial charge in [-0.15, -0.1) is 21.5 Å². The second-order valence-electron chi connectivity index (χ2n) is 10.3. The topological polar surface area (TPSA) is 103 Å². The Balaban J connectivity index is 1.35. The highest BCUT2D eigenvalue weighted by Crippen LogP contribution is 2.36. The van der Waals surface area contributed by atoms with E-state index in [9.17, 15) is 4.79 Å². The van der Waals surface area contributed by atoms with Gasteiger partial charge in [0.25, 0.3) is 5.91 Å². The minimum absolute atomic E-state index is 0.0131. The van der Waals surface area contributed by atoms with E-state index in [4.69, 9.17) is 10.2 Å². The molecule has 1 saturated heterocycles. The summed E-state index contributed by atoms with van der Waals surface area (Å²) in [5, 5.41) is 11.7. The second kappa shape index (κ2) is 10.2. The molecule has 2 aromatic carbocycles. The fourth-order valence-electron chi connectivity index (χ4n) is 5.14. The molecule has 1 amide bonds. The zero-order valence-electron chi connectivity index (χ0n) is 21.9. The number of hydrogen-bond donors (Lipinski definition) is 1. The summed E-state index contributed by atoms with van der Waals surface area (Å²) in [6, 6.07) is 19.6. The lowest BCUT2D eigenvalue weighted by Gasteiger charge is -2.24. The van der Waals surface area contributed by atoms with Crippen molar-refractivity contribution in [2.24, 2.45) is 5.73 Å². The van der Waals surface area contributed by atoms with Gasteiger partial charge < -0.3 is 19.6 Å². The molecule has 0 spiro atoms. The lowest BCUT2D eigenvalue weighted by Crippen LogP contribution is -2.35. The minimum Gasteiger partial charge on any atom is -0.419 e. The van der Waals surface area contributed by atoms with Gasteiger partial charge in [0, 0.05) is 46.8 Å². The minimum atomic E-state index is -0.849. The molecule has 198 valence electrons. The Labute approximate surface area is 231 Å². The first kappa shape index (κ1) is 25.2. The number of nitrogens with zero attached hydrogens (tertiary/aromatic N) is 5. The average molecular weight is 539 g/mol. The second-order valence-corrected chi connectivity index (χ2v) is 11.2. The normalized spacial score (nSPS) is 16.9. The quantitative estimate of drug-likeness (QED) is 0.286. The van der Waals surface area contributed by atoms with Crippen LogP contribution in [0.3, 0.4) is 0 Å². The molecule has 4 heterocycles. The van der Waals surface area contributed by atoms with Crippen molar-refractivity contribution in [2.75, 3.05) is 6.54 Å². The molecule has 8 nitrogen and oxygen atoms in total. The van der Waals surface area contributed by atoms with Crippen LogP contribution in [-0.4, -0.2) is 37.1 Å². The molecule has 2 N–H and O–H groups in total. The number of amides is 1. The van der Waals surface area contributed by atoms with Crippen LogP contribution >= 0.6 is 11.3 Å². The van der Waals surface area contributed by atoms with Gasteiger partial charge in [0.05, 0.1) is 11.6 Å². The Morgan fingerprint density at radius 2 is 1.92 bits per heavy atom. The molecule has 0 radical (unpaired) electrons. The maximum atomic E-state index is 13.9. The standard InChI is InChI=1S/C30H30N6O2S/c1-20-19-39-27(32-20)25-11-8-14-36(25)28(37)23-15-22(16-24(17-23)35-12-6-7-13-35)26-33-34-29(38-26)30(2,31)18-21-9-4-3-5-10-21/h3-7,9-10,12-13,15-17,19,25H,8,11,14,18,31H2,1-2H3. The predicted octanol–water partition coefficient (Wildman–Crippen LogP) is 5.69. The van der Waals surface area contributed by atoms with Gasteiger partial charge in [0.1, 0.15) is 5.01 Å². The summed E-state index contributed by atoms with van der Waals surface area (Å²) in [7, 11) is 0. The van der Waals surface area contributed by atoms with Crippen molar-refractivity contribution in [1.29, 1.82) is 0 Å². The number of benzene rings is 2. The lowest BCUT2D eigenvalue weighted by molar-refractivity contribution is 0.0735. The molecule has 1 aliphatic rings. The van der Waals surface area contributed by atoms with Crippen LogP contribution in [0.15, 0.2) is 82.9 Å². The smallest absolute Gasteiger partial charge is 0.254 e. The summed E-state index contributed by atoms with van der Waals surface area (Å²) in [5.74, 6) is 0.638. The molecule has 1 aliphatic heterocycles. The van der Waals surface area contributed by atoms with Crippen LogP contribution in [-0.2, 0) is 12.0 Å². The molecule has 0 bridgehead atoms. The summed E-state index contributed by atoms with van der Waals surface area (Å²) in [4.78, 5) is 20.5. The monoisotopic (exact) mass is 538 g/mol. The van der Waals surface area contributed by atoms with Crippen molar-refractivity contribution in [3.8, 4) is 17.1 Å². The molecular formula is C30H30N6O2S. The molecule has 39 heavy (non-hydrogen) atoms. The highest BCUT2D eigenvalue weighted by Gasteiger charge is 2.33. The number of rotatable bonds is 7. The molecule has 1 fully saturated rings. The number of aromatic nitrogens is 4. The van der Waals surface area contributed by atoms with Gasteiger partial charge in [-0.25, -0.2) is 4.98 Å². The molecule has 0 saturated carbocycles. The number of thiazole rings is 1. The van der Waals surface area contributed by atoms with E-state index in [0.717, 1.165) is 34.8 Å². The molecule has 2 atom stereocenters. The summed E-state index contributed by atoms with van der Waals surface area (Å²) >= 11 is 1.62. The lowest BCUT2D eigenvalue weighted by atomic mass is 9.94. The van der Waals surface area contributed by atoms with E-state index in [0.29, 0.717) is 35.9 Å². The Bertz CT molecular complexity index is 1590. The maximum absolute atomic E-state index is 13.9. The van der Waals surface area contributed by atoms with E-state index in [-0.39, 0.29) is 11.9 Å². The Kier molecular flexibility index (Phi) is 6.62. The first-order valence-corrected chi connectivity index (χ1v) is 13.9. The van der Waals surface area contributed by atoms with Crippen LogP contribution in [0.5, 0.6) is 0 Å². The van der Waals surface area contributed by atoms with Crippen LogP contribution in [0.2, 0.25) is 0 Å². The Morgan fingerprint density at radius 3 is 2.67 bits per heavy atom. The van der Waals surface area contributed by atoms with Gasteiger partial charge >= 0.3 is 0 Å². The van der Waals surface area contributed by atoms with Crippen LogP contribution in [0, 0.1) is 6.92 Å². The number of nitrogens with two attached hydrogens (primary N) is 1. The van der Waals surface area contributed by atoms with E-state index in [1.54, 1.807) is 11.3 Å². The highest BCUT2D eigenvalue weighted by atomic mass is 32.1. The van der Waals surface area contributed by atoms with Gasteiger partial charge in [-0.3, -0.25) is 4.79 Å². The number of carbonyl (C=O) groups excluding carboxylic acids is 1. The number of likely N-dealkylation sites (tertiary alicyclic amines) is 1. The van der Waals surface area contributed by atoms with Crippen molar-refractivity contribution in [2.45, 2.75) is 44.7 Å². The molecule has 6 rings (SSSR count). The maximum Gasteiger partial charge on any atom is 0.254 e. The van der Waals surface area contributed by atoms with Crippen LogP contribution in [0.1, 0.15) is 58.3 Å². The molecule has 3 aromatic heterocycles. The van der Waals surface area contributed by atoms with Gasteiger partial charge in [0.2, 0.25) is 11.8 Å². The van der Waals surface area contributed by atoms with Gasteiger partial charge in [-0.05, 0) is 69.0 Å². The number of hydrogen-bond acceptors (Lipinski definition) is 7. The van der Waals surface area contributed by atoms with E-state index in [1.165, 1.54) is 0 Å². The first-order chi connectivity index (χ1) is 18.9. The summed E-state index contributed by atoms with van der Waals surface area (Å²) in [6.07, 6.45) is 6.30. The van der Waals surface area contributed by atoms with Gasteiger partial charge in [0.15, 0.2) is 0 Å². The van der Waals surface area contributed by atoms with Gasteiger partial charge in [-0.1, -0.05) is 30.3 Å². The average Bonchev–Trinajstić information content (AvgIpc) is 3.74. The largest absolute Gasteiger partial charge is 0.419 e. The van der Waals surface area contributed by atoms with Crippen molar-refractivity contribution in [3.05, 3.63) is 106 Å². The van der Waals surface area contributed by atoms with Gasteiger partial charge in [-0.2, -0.15) is 0 Å². The highest BCUT2D eigenvalue weighted by molar-refractivity contribution is 7.09. The van der Waals surface area contributed by atoms with Crippen LogP contribution in [0.25, 0.3) is 17.1 Å². The zero-order valence-corrected chi connectivity index (χ0v) is 22.8. The first-order valence-electron chi connectivity index (χ1n) is 13.1. The van der Waals surface area contributed by atoms with E-state index >= 15 is 0 Å². The van der Waals surface area contributed by atoms with E-state index in [2.05, 4.69) is 15.2 Å². The molecule has 2 unspecified atom stereocenters. The van der Waals surface area contributed by atoms with Crippen molar-refractivity contribution in [3.63, 3.8) is 0 Å². The molecular weight excluding hydrogens is 508 g/mol. The van der Waals surface area contributed by atoms with E-state index < -0.39 is 5.54 Å². The third-order valence-electron chi connectivity index (χ3n) is 7.08. The third-order valence-corrected chi connectivity index (χ3v) is 8.14. The number of carbonyl (C=O) groups is 1. The van der Waals surface area contributed by atoms with Crippen molar-refractivity contribution < 1.29 is 9.21 Å². The van der Waals surface area contributed by atoms with E-state index in [1.807, 2.05) is 102 Å². The molecule has 9 heteroatoms. The van der Waals surface area contributed by atoms with Crippen molar-refractivity contribution in [1.82, 2.24) is 24.6 Å². The summed E-state index contributed by atoms with van der Waals surface area (Å²) < 4.78 is 8.11. The Hall–Kier alpha value is -4.08. The third kappa shape index (κ3) is 5.15. The fraction of sp³-hybridized carbons (Fsp3) is 0.267. The predicted molar refractivity (Wildman–Crippen MR) is 151 cm³/mol. The fourth-order valence-corrected chi connectivity index (χ4v) is 6.08. The SMILES string of the molecule is Cc1csc(C2CCCN2C(=O)c2cc(-c3nnc(C(C)(N)Cc4ccccc4)o3)cc(-n3cccc3)c2)n1. The van der Waals surface area contributed by atoms with Crippen LogP contribution < -0.4 is 5.73 Å². The zero-order chi connectivity index (χ0) is 27.0. The number of aryl methyl sites for hydroxylation is 1. The molecule has 0 aliphatic carbocycles. The molecule has 5 aromatic rings. The van der Waals surface area contributed by atoms with Crippen LogP contribution in [0.4, 0.5) is 0 Å². The summed E-state index contributed by atoms with van der Waals surface area (Å²) in [5.41, 5.74) is 9.92. The Morgan fingerprint density at radius 1 is 1.13 bits per heavy atom. The summed E-state index contributed by atoms with van der Waals surface area (Å²) in [6.45, 7) is 4.57. The van der Waals surface area contributed by atoms with Crippen molar-refractivity contribution >= 4 is 17.2 Å².